The van der Waals surface area contributed by atoms with Crippen molar-refractivity contribution < 1.29 is 9.53 Å². The molecule has 0 unspecified atom stereocenters. The number of hydrogen-bond acceptors (Lipinski definition) is 5. The van der Waals surface area contributed by atoms with Crippen LogP contribution in [0.3, 0.4) is 0 Å². The van der Waals surface area contributed by atoms with Crippen LogP contribution in [0.15, 0.2) is 46.7 Å². The van der Waals surface area contributed by atoms with Crippen LogP contribution < -0.4 is 11.1 Å². The van der Waals surface area contributed by atoms with Gasteiger partial charge in [0.2, 0.25) is 5.91 Å². The molecule has 130 valence electrons. The first-order valence-corrected chi connectivity index (χ1v) is 8.32. The summed E-state index contributed by atoms with van der Waals surface area (Å²) in [5, 5.41) is 3.82. The predicted molar refractivity (Wildman–Crippen MR) is 96.6 cm³/mol. The van der Waals surface area contributed by atoms with E-state index >= 15 is 0 Å². The minimum absolute atomic E-state index is 0. The molecule has 2 heterocycles. The summed E-state index contributed by atoms with van der Waals surface area (Å²) in [6, 6.07) is 7.68. The molecular formula is C16H21ClN4O2S. The van der Waals surface area contributed by atoms with Crippen LogP contribution in [-0.2, 0) is 16.6 Å². The van der Waals surface area contributed by atoms with E-state index in [4.69, 9.17) is 10.5 Å². The van der Waals surface area contributed by atoms with E-state index in [1.54, 1.807) is 18.0 Å². The number of rotatable bonds is 4. The fourth-order valence-electron chi connectivity index (χ4n) is 2.38. The van der Waals surface area contributed by atoms with E-state index in [-0.39, 0.29) is 18.3 Å². The summed E-state index contributed by atoms with van der Waals surface area (Å²) < 4.78 is 7.23. The van der Waals surface area contributed by atoms with Crippen LogP contribution in [-0.4, -0.2) is 34.2 Å². The van der Waals surface area contributed by atoms with Gasteiger partial charge in [-0.1, -0.05) is 11.8 Å². The zero-order valence-electron chi connectivity index (χ0n) is 13.4. The Kier molecular flexibility index (Phi) is 6.28. The van der Waals surface area contributed by atoms with Crippen molar-refractivity contribution in [2.75, 3.05) is 18.5 Å². The van der Waals surface area contributed by atoms with Gasteiger partial charge < -0.3 is 20.4 Å². The van der Waals surface area contributed by atoms with Crippen molar-refractivity contribution in [2.24, 2.45) is 12.8 Å². The number of carbonyl (C=O) groups excluding carboxylic acids is 1. The van der Waals surface area contributed by atoms with Crippen molar-refractivity contribution >= 4 is 35.8 Å². The Labute approximate surface area is 151 Å². The Hall–Kier alpha value is -1.54. The fourth-order valence-corrected chi connectivity index (χ4v) is 3.18. The highest BCUT2D eigenvalue weighted by Gasteiger charge is 2.35. The number of nitrogens with one attached hydrogen (secondary N) is 1. The Bertz CT molecular complexity index is 684. The van der Waals surface area contributed by atoms with Gasteiger partial charge in [0.05, 0.1) is 0 Å². The van der Waals surface area contributed by atoms with E-state index < -0.39 is 5.54 Å². The van der Waals surface area contributed by atoms with E-state index in [1.807, 2.05) is 42.1 Å². The Morgan fingerprint density at radius 1 is 1.33 bits per heavy atom. The average Bonchev–Trinajstić information content (AvgIpc) is 2.95. The molecule has 3 rings (SSSR count). The van der Waals surface area contributed by atoms with Gasteiger partial charge in [-0.25, -0.2) is 4.98 Å². The molecule has 0 saturated carbocycles. The van der Waals surface area contributed by atoms with E-state index in [2.05, 4.69) is 10.3 Å². The van der Waals surface area contributed by atoms with Crippen molar-refractivity contribution in [3.63, 3.8) is 0 Å². The standard InChI is InChI=1S/C16H20N4O2S.ClH/c1-20-9-8-18-15(20)23-13-4-2-12(3-5-13)19-14(21)16(17)6-10-22-11-7-16;/h2-5,8-9H,6-7,10-11,17H2,1H3,(H,19,21);1H. The first-order chi connectivity index (χ1) is 11.1. The summed E-state index contributed by atoms with van der Waals surface area (Å²) >= 11 is 1.57. The highest BCUT2D eigenvalue weighted by molar-refractivity contribution is 7.99. The third kappa shape index (κ3) is 4.30. The number of halogens is 1. The molecule has 1 saturated heterocycles. The number of anilines is 1. The SMILES string of the molecule is Cl.Cn1ccnc1Sc1ccc(NC(=O)C2(N)CCOCC2)cc1. The zero-order chi connectivity index (χ0) is 16.3. The Morgan fingerprint density at radius 3 is 2.58 bits per heavy atom. The van der Waals surface area contributed by atoms with Crippen LogP contribution in [0, 0.1) is 0 Å². The topological polar surface area (TPSA) is 82.2 Å². The average molecular weight is 369 g/mol. The second-order valence-electron chi connectivity index (χ2n) is 5.67. The molecule has 0 bridgehead atoms. The van der Waals surface area contributed by atoms with Crippen molar-refractivity contribution in [3.05, 3.63) is 36.7 Å². The summed E-state index contributed by atoms with van der Waals surface area (Å²) in [5.74, 6) is -0.148. The van der Waals surface area contributed by atoms with E-state index in [9.17, 15) is 4.79 Å². The highest BCUT2D eigenvalue weighted by Crippen LogP contribution is 2.27. The van der Waals surface area contributed by atoms with Crippen molar-refractivity contribution in [1.82, 2.24) is 9.55 Å². The summed E-state index contributed by atoms with van der Waals surface area (Å²) in [4.78, 5) is 17.7. The van der Waals surface area contributed by atoms with E-state index in [0.29, 0.717) is 26.1 Å². The molecule has 1 aromatic heterocycles. The van der Waals surface area contributed by atoms with Crippen molar-refractivity contribution in [2.45, 2.75) is 28.4 Å². The molecule has 0 spiro atoms. The summed E-state index contributed by atoms with van der Waals surface area (Å²) in [6.07, 6.45) is 4.77. The van der Waals surface area contributed by atoms with E-state index in [0.717, 1.165) is 15.7 Å². The van der Waals surface area contributed by atoms with Gasteiger partial charge in [0, 0.05) is 43.2 Å². The first-order valence-electron chi connectivity index (χ1n) is 7.50. The molecular weight excluding hydrogens is 348 g/mol. The van der Waals surface area contributed by atoms with Crippen LogP contribution in [0.4, 0.5) is 5.69 Å². The molecule has 3 N–H and O–H groups in total. The summed E-state index contributed by atoms with van der Waals surface area (Å²) in [7, 11) is 1.96. The lowest BCUT2D eigenvalue weighted by Gasteiger charge is -2.31. The normalized spacial score (nSPS) is 16.2. The van der Waals surface area contributed by atoms with Crippen molar-refractivity contribution in [1.29, 1.82) is 0 Å². The number of benzene rings is 1. The van der Waals surface area contributed by atoms with Gasteiger partial charge in [-0.15, -0.1) is 12.4 Å². The molecule has 2 aromatic rings. The lowest BCUT2D eigenvalue weighted by molar-refractivity contribution is -0.124. The second kappa shape index (κ2) is 8.02. The number of aryl methyl sites for hydroxylation is 1. The minimum atomic E-state index is -0.835. The maximum absolute atomic E-state index is 12.4. The van der Waals surface area contributed by atoms with Crippen LogP contribution in [0.5, 0.6) is 0 Å². The largest absolute Gasteiger partial charge is 0.381 e. The van der Waals surface area contributed by atoms with Gasteiger partial charge in [0.1, 0.15) is 5.54 Å². The summed E-state index contributed by atoms with van der Waals surface area (Å²) in [6.45, 7) is 1.06. The van der Waals surface area contributed by atoms with Gasteiger partial charge in [-0.05, 0) is 37.1 Å². The minimum Gasteiger partial charge on any atom is -0.381 e. The predicted octanol–water partition coefficient (Wildman–Crippen LogP) is 2.44. The maximum atomic E-state index is 12.4. The first kappa shape index (κ1) is 18.8. The number of ether oxygens (including phenoxy) is 1. The van der Waals surface area contributed by atoms with Gasteiger partial charge in [-0.3, -0.25) is 4.79 Å². The van der Waals surface area contributed by atoms with Crippen molar-refractivity contribution in [3.8, 4) is 0 Å². The highest BCUT2D eigenvalue weighted by atomic mass is 35.5. The molecule has 1 fully saturated rings. The molecule has 6 nitrogen and oxygen atoms in total. The second-order valence-corrected chi connectivity index (χ2v) is 6.71. The monoisotopic (exact) mass is 368 g/mol. The lowest BCUT2D eigenvalue weighted by Crippen LogP contribution is -2.54. The summed E-state index contributed by atoms with van der Waals surface area (Å²) in [5.41, 5.74) is 6.09. The molecule has 0 radical (unpaired) electrons. The lowest BCUT2D eigenvalue weighted by atomic mass is 9.90. The number of nitrogens with two attached hydrogens (primary N) is 1. The molecule has 1 aliphatic heterocycles. The third-order valence-electron chi connectivity index (χ3n) is 3.94. The molecule has 24 heavy (non-hydrogen) atoms. The number of aromatic nitrogens is 2. The Balaban J connectivity index is 0.00000208. The van der Waals surface area contributed by atoms with Gasteiger partial charge in [-0.2, -0.15) is 0 Å². The van der Waals surface area contributed by atoms with Crippen LogP contribution in [0.1, 0.15) is 12.8 Å². The van der Waals surface area contributed by atoms with Gasteiger partial charge >= 0.3 is 0 Å². The zero-order valence-corrected chi connectivity index (χ0v) is 15.0. The smallest absolute Gasteiger partial charge is 0.244 e. The number of amides is 1. The number of carbonyl (C=O) groups is 1. The molecule has 8 heteroatoms. The molecule has 1 aliphatic rings. The Morgan fingerprint density at radius 2 is 2.00 bits per heavy atom. The molecule has 0 atom stereocenters. The van der Waals surface area contributed by atoms with Gasteiger partial charge in [0.25, 0.3) is 0 Å². The third-order valence-corrected chi connectivity index (χ3v) is 5.02. The van der Waals surface area contributed by atoms with Gasteiger partial charge in [0.15, 0.2) is 5.16 Å². The van der Waals surface area contributed by atoms with Crippen LogP contribution in [0.2, 0.25) is 0 Å². The fraction of sp³-hybridized carbons (Fsp3) is 0.375. The number of imidazole rings is 1. The number of hydrogen-bond donors (Lipinski definition) is 2. The van der Waals surface area contributed by atoms with Crippen LogP contribution >= 0.6 is 24.2 Å². The quantitative estimate of drug-likeness (QED) is 0.866. The number of nitrogens with zero attached hydrogens (tertiary/aromatic N) is 2. The van der Waals surface area contributed by atoms with Crippen LogP contribution in [0.25, 0.3) is 0 Å². The molecule has 0 aliphatic carbocycles. The van der Waals surface area contributed by atoms with E-state index in [1.165, 1.54) is 0 Å². The molecule has 1 aromatic carbocycles. The maximum Gasteiger partial charge on any atom is 0.244 e. The molecule has 1 amide bonds.